The van der Waals surface area contributed by atoms with E-state index < -0.39 is 5.41 Å². The molecular weight excluding hydrogens is 837 g/mol. The van der Waals surface area contributed by atoms with Crippen LogP contribution in [-0.2, 0) is 5.41 Å². The van der Waals surface area contributed by atoms with Gasteiger partial charge in [0.1, 0.15) is 0 Å². The zero-order valence-corrected chi connectivity index (χ0v) is 37.5. The topological polar surface area (TPSA) is 51.6 Å². The largest absolute Gasteiger partial charge is 0.254 e. The minimum absolute atomic E-state index is 0.692. The number of fused-ring (bicyclic) bond motifs is 9. The zero-order valence-electron chi connectivity index (χ0n) is 37.5. The van der Waals surface area contributed by atoms with Crippen molar-refractivity contribution in [2.75, 3.05) is 0 Å². The Morgan fingerprint density at radius 3 is 1.13 bits per heavy atom. The molecule has 0 atom stereocenters. The molecule has 0 amide bonds. The Labute approximate surface area is 400 Å². The van der Waals surface area contributed by atoms with Gasteiger partial charge in [-0.05, 0) is 92.0 Å². The molecule has 1 aliphatic carbocycles. The van der Waals surface area contributed by atoms with Gasteiger partial charge in [0.05, 0.1) is 38.9 Å². The van der Waals surface area contributed by atoms with Crippen molar-refractivity contribution >= 4 is 67.9 Å². The SMILES string of the molecule is C(=Cc1ccc2c(c1)C(c1ccc(-c3ccc4ccc5cccnc5c4n3)cc1)(c1ccc(-c3ccc4ccc5cccnc5c4n3)cc1)c1cc(C=Cc3ccccc3)ccc1-2)c1ccccc1. The van der Waals surface area contributed by atoms with E-state index >= 15 is 0 Å². The average Bonchev–Trinajstić information content (AvgIpc) is 3.71. The lowest BCUT2D eigenvalue weighted by Gasteiger charge is -2.34. The van der Waals surface area contributed by atoms with Gasteiger partial charge in [-0.15, -0.1) is 0 Å². The molecule has 0 spiro atoms. The lowest BCUT2D eigenvalue weighted by atomic mass is 9.67. The molecule has 0 bridgehead atoms. The van der Waals surface area contributed by atoms with Crippen molar-refractivity contribution in [1.82, 2.24) is 19.9 Å². The third kappa shape index (κ3) is 7.01. The maximum atomic E-state index is 5.25. The smallest absolute Gasteiger partial charge is 0.0972 e. The minimum Gasteiger partial charge on any atom is -0.254 e. The van der Waals surface area contributed by atoms with E-state index in [0.717, 1.165) is 88.4 Å². The molecule has 4 heteroatoms. The van der Waals surface area contributed by atoms with Gasteiger partial charge in [0.25, 0.3) is 0 Å². The molecule has 8 aromatic carbocycles. The Balaban J connectivity index is 1.01. The fourth-order valence-corrected chi connectivity index (χ4v) is 10.4. The molecule has 4 nitrogen and oxygen atoms in total. The van der Waals surface area contributed by atoms with Gasteiger partial charge in [0.2, 0.25) is 0 Å². The zero-order chi connectivity index (χ0) is 45.7. The summed E-state index contributed by atoms with van der Waals surface area (Å²) < 4.78 is 0. The van der Waals surface area contributed by atoms with Crippen molar-refractivity contribution in [2.45, 2.75) is 5.41 Å². The Morgan fingerprint density at radius 2 is 0.696 bits per heavy atom. The second-order valence-corrected chi connectivity index (χ2v) is 17.8. The number of hydrogen-bond acceptors (Lipinski definition) is 4. The van der Waals surface area contributed by atoms with Crippen LogP contribution in [0.4, 0.5) is 0 Å². The van der Waals surface area contributed by atoms with Gasteiger partial charge in [-0.2, -0.15) is 0 Å². The Bertz CT molecular complexity index is 3720. The molecule has 4 heterocycles. The fraction of sp³-hybridized carbons (Fsp3) is 0.0154. The second kappa shape index (κ2) is 16.6. The summed E-state index contributed by atoms with van der Waals surface area (Å²) in [5, 5.41) is 4.30. The summed E-state index contributed by atoms with van der Waals surface area (Å²) in [5.41, 5.74) is 18.7. The van der Waals surface area contributed by atoms with Crippen molar-refractivity contribution in [3.63, 3.8) is 0 Å². The van der Waals surface area contributed by atoms with E-state index in [2.05, 4.69) is 231 Å². The van der Waals surface area contributed by atoms with Crippen LogP contribution in [0.15, 0.2) is 231 Å². The van der Waals surface area contributed by atoms with E-state index in [1.807, 2.05) is 24.5 Å². The third-order valence-electron chi connectivity index (χ3n) is 13.8. The average molecular weight is 879 g/mol. The predicted molar refractivity (Wildman–Crippen MR) is 287 cm³/mol. The normalized spacial score (nSPS) is 12.9. The van der Waals surface area contributed by atoms with Crippen LogP contribution in [0.2, 0.25) is 0 Å². The number of hydrogen-bond donors (Lipinski definition) is 0. The van der Waals surface area contributed by atoms with Crippen LogP contribution in [0.3, 0.4) is 0 Å². The first-order valence-electron chi connectivity index (χ1n) is 23.4. The summed E-state index contributed by atoms with van der Waals surface area (Å²) in [4.78, 5) is 20.0. The molecular formula is C65H42N4. The minimum atomic E-state index is -0.692. The van der Waals surface area contributed by atoms with Gasteiger partial charge in [-0.3, -0.25) is 9.97 Å². The van der Waals surface area contributed by atoms with E-state index in [1.165, 1.54) is 33.4 Å². The third-order valence-corrected chi connectivity index (χ3v) is 13.8. The summed E-state index contributed by atoms with van der Waals surface area (Å²) in [6.45, 7) is 0. The molecule has 0 unspecified atom stereocenters. The van der Waals surface area contributed by atoms with Gasteiger partial charge >= 0.3 is 0 Å². The first-order valence-corrected chi connectivity index (χ1v) is 23.4. The van der Waals surface area contributed by atoms with Crippen LogP contribution in [0, 0.1) is 0 Å². The summed E-state index contributed by atoms with van der Waals surface area (Å²) in [6, 6.07) is 78.4. The quantitative estimate of drug-likeness (QED) is 0.113. The molecule has 322 valence electrons. The highest BCUT2D eigenvalue weighted by Crippen LogP contribution is 2.57. The van der Waals surface area contributed by atoms with Gasteiger partial charge < -0.3 is 0 Å². The molecule has 13 rings (SSSR count). The van der Waals surface area contributed by atoms with Crippen LogP contribution in [0.5, 0.6) is 0 Å². The van der Waals surface area contributed by atoms with Crippen LogP contribution < -0.4 is 0 Å². The summed E-state index contributed by atoms with van der Waals surface area (Å²) in [5.74, 6) is 0. The molecule has 0 saturated heterocycles. The van der Waals surface area contributed by atoms with Gasteiger partial charge in [-0.1, -0.05) is 206 Å². The highest BCUT2D eigenvalue weighted by atomic mass is 14.8. The molecule has 0 aliphatic heterocycles. The lowest BCUT2D eigenvalue weighted by Crippen LogP contribution is -2.28. The van der Waals surface area contributed by atoms with E-state index in [9.17, 15) is 0 Å². The maximum absolute atomic E-state index is 5.25. The standard InChI is InChI=1S/C65H42N4/c1-3-9-43(10-4-1)15-17-45-19-35-55-56-36-20-46(18-16-44-11-5-2-6-12-44)42-58(56)65(57(55)41-45,53-31-25-47(26-32-53)59-37-29-51-23-21-49-13-7-39-66-61(49)63(51)68-59)54-33-27-48(28-34-54)60-38-30-52-24-22-50-14-8-40-67-62(50)64(52)69-60/h1-42H. The number of rotatable bonds is 8. The van der Waals surface area contributed by atoms with Crippen LogP contribution in [0.1, 0.15) is 44.5 Å². The van der Waals surface area contributed by atoms with Crippen LogP contribution >= 0.6 is 0 Å². The fourth-order valence-electron chi connectivity index (χ4n) is 10.4. The molecule has 69 heavy (non-hydrogen) atoms. The Hall–Kier alpha value is -9.12. The summed E-state index contributed by atoms with van der Waals surface area (Å²) in [7, 11) is 0. The number of nitrogens with zero attached hydrogens (tertiary/aromatic N) is 4. The molecule has 1 aliphatic rings. The Morgan fingerprint density at radius 1 is 0.304 bits per heavy atom. The van der Waals surface area contributed by atoms with Crippen molar-refractivity contribution < 1.29 is 0 Å². The maximum Gasteiger partial charge on any atom is 0.0972 e. The molecule has 0 saturated carbocycles. The van der Waals surface area contributed by atoms with Crippen LogP contribution in [0.25, 0.3) is 102 Å². The highest BCUT2D eigenvalue weighted by molar-refractivity contribution is 6.04. The first-order chi connectivity index (χ1) is 34.2. The first kappa shape index (κ1) is 40.2. The molecule has 0 N–H and O–H groups in total. The van der Waals surface area contributed by atoms with Crippen molar-refractivity contribution in [2.24, 2.45) is 0 Å². The van der Waals surface area contributed by atoms with Crippen molar-refractivity contribution in [3.8, 4) is 33.6 Å². The lowest BCUT2D eigenvalue weighted by molar-refractivity contribution is 0.768. The van der Waals surface area contributed by atoms with Crippen molar-refractivity contribution in [3.05, 3.63) is 275 Å². The highest BCUT2D eigenvalue weighted by Gasteiger charge is 2.46. The predicted octanol–water partition coefficient (Wildman–Crippen LogP) is 15.9. The van der Waals surface area contributed by atoms with Crippen molar-refractivity contribution in [1.29, 1.82) is 0 Å². The van der Waals surface area contributed by atoms with Gasteiger partial charge in [0.15, 0.2) is 0 Å². The molecule has 12 aromatic rings. The monoisotopic (exact) mass is 878 g/mol. The number of benzene rings is 8. The molecule has 0 fully saturated rings. The Kier molecular flexibility index (Phi) is 9.69. The summed E-state index contributed by atoms with van der Waals surface area (Å²) >= 11 is 0. The van der Waals surface area contributed by atoms with E-state index in [-0.39, 0.29) is 0 Å². The molecule has 0 radical (unpaired) electrons. The van der Waals surface area contributed by atoms with Crippen LogP contribution in [-0.4, -0.2) is 19.9 Å². The molecule has 4 aromatic heterocycles. The number of pyridine rings is 4. The van der Waals surface area contributed by atoms with E-state index in [0.29, 0.717) is 0 Å². The van der Waals surface area contributed by atoms with Gasteiger partial charge in [-0.25, -0.2) is 9.97 Å². The summed E-state index contributed by atoms with van der Waals surface area (Å²) in [6.07, 6.45) is 12.6. The number of aromatic nitrogens is 4. The second-order valence-electron chi connectivity index (χ2n) is 17.8. The van der Waals surface area contributed by atoms with E-state index in [4.69, 9.17) is 19.9 Å². The van der Waals surface area contributed by atoms with E-state index in [1.54, 1.807) is 0 Å². The van der Waals surface area contributed by atoms with Gasteiger partial charge in [0, 0.05) is 45.1 Å².